The molecule has 0 N–H and O–H groups in total. The first kappa shape index (κ1) is 18.4. The first-order valence-corrected chi connectivity index (χ1v) is 9.13. The highest BCUT2D eigenvalue weighted by Gasteiger charge is 2.20. The highest BCUT2D eigenvalue weighted by Crippen LogP contribution is 2.24. The number of carbonyl (C=O) groups excluding carboxylic acids is 1. The zero-order valence-electron chi connectivity index (χ0n) is 11.9. The molecule has 0 unspecified atom stereocenters. The van der Waals surface area contributed by atoms with E-state index >= 15 is 0 Å². The predicted octanol–water partition coefficient (Wildman–Crippen LogP) is 3.35. The molecular formula is C13H16BrClO5S. The van der Waals surface area contributed by atoms with Crippen LogP contribution < -0.4 is 0 Å². The largest absolute Gasteiger partial charge is 0.462 e. The normalized spacial score (nSPS) is 12.2. The van der Waals surface area contributed by atoms with E-state index in [1.165, 1.54) is 18.2 Å². The van der Waals surface area contributed by atoms with Gasteiger partial charge in [0.2, 0.25) is 0 Å². The molecule has 0 atom stereocenters. The van der Waals surface area contributed by atoms with Gasteiger partial charge in [-0.3, -0.25) is 0 Å². The van der Waals surface area contributed by atoms with Gasteiger partial charge < -0.3 is 9.47 Å². The van der Waals surface area contributed by atoms with Gasteiger partial charge in [-0.15, -0.1) is 0 Å². The van der Waals surface area contributed by atoms with E-state index in [1.54, 1.807) is 7.11 Å². The minimum absolute atomic E-state index is 0.104. The van der Waals surface area contributed by atoms with Gasteiger partial charge in [0.05, 0.1) is 22.7 Å². The Morgan fingerprint density at radius 3 is 2.52 bits per heavy atom. The summed E-state index contributed by atoms with van der Waals surface area (Å²) in [5.41, 5.74) is -0.300. The van der Waals surface area contributed by atoms with Crippen molar-refractivity contribution < 1.29 is 22.7 Å². The molecule has 0 bridgehead atoms. The molecule has 0 aliphatic heterocycles. The van der Waals surface area contributed by atoms with Gasteiger partial charge in [0.1, 0.15) is 0 Å². The maximum absolute atomic E-state index is 12.0. The number of hydrogen-bond acceptors (Lipinski definition) is 5. The van der Waals surface area contributed by atoms with Crippen LogP contribution in [0, 0.1) is 0 Å². The lowest BCUT2D eigenvalue weighted by molar-refractivity contribution is -0.00566. The number of benzene rings is 1. The molecule has 0 saturated carbocycles. The summed E-state index contributed by atoms with van der Waals surface area (Å²) in [7, 11) is 2.94. The molecule has 0 saturated heterocycles. The lowest BCUT2D eigenvalue weighted by Crippen LogP contribution is -2.25. The van der Waals surface area contributed by atoms with Gasteiger partial charge in [0.25, 0.3) is 9.05 Å². The van der Waals surface area contributed by atoms with Gasteiger partial charge in [0, 0.05) is 28.7 Å². The first-order valence-electron chi connectivity index (χ1n) is 6.03. The topological polar surface area (TPSA) is 69.7 Å². The van der Waals surface area contributed by atoms with E-state index < -0.39 is 20.6 Å². The van der Waals surface area contributed by atoms with Crippen molar-refractivity contribution in [3.8, 4) is 0 Å². The van der Waals surface area contributed by atoms with Crippen LogP contribution in [0.4, 0.5) is 0 Å². The molecule has 0 aliphatic rings. The summed E-state index contributed by atoms with van der Waals surface area (Å²) >= 11 is 3.18. The molecule has 21 heavy (non-hydrogen) atoms. The molecule has 1 rings (SSSR count). The Bertz CT molecular complexity index is 627. The van der Waals surface area contributed by atoms with E-state index in [-0.39, 0.29) is 17.1 Å². The lowest BCUT2D eigenvalue weighted by Gasteiger charge is -2.22. The number of hydrogen-bond donors (Lipinski definition) is 0. The van der Waals surface area contributed by atoms with E-state index in [4.69, 9.17) is 20.2 Å². The van der Waals surface area contributed by atoms with Gasteiger partial charge in [-0.2, -0.15) is 0 Å². The Morgan fingerprint density at radius 1 is 1.38 bits per heavy atom. The average Bonchev–Trinajstić information content (AvgIpc) is 2.37. The molecule has 8 heteroatoms. The summed E-state index contributed by atoms with van der Waals surface area (Å²) in [5, 5.41) is 0. The fourth-order valence-corrected chi connectivity index (χ4v) is 2.57. The maximum atomic E-state index is 12.0. The third-order valence-corrected chi connectivity index (χ3v) is 4.97. The third-order valence-electron chi connectivity index (χ3n) is 2.93. The second kappa shape index (κ2) is 7.09. The highest BCUT2D eigenvalue weighted by atomic mass is 79.9. The fourth-order valence-electron chi connectivity index (χ4n) is 1.38. The van der Waals surface area contributed by atoms with Gasteiger partial charge >= 0.3 is 5.97 Å². The van der Waals surface area contributed by atoms with Crippen molar-refractivity contribution in [2.75, 3.05) is 13.7 Å². The summed E-state index contributed by atoms with van der Waals surface area (Å²) in [4.78, 5) is 11.8. The lowest BCUT2D eigenvalue weighted by atomic mass is 10.1. The number of halogens is 2. The van der Waals surface area contributed by atoms with Crippen LogP contribution in [0.15, 0.2) is 27.6 Å². The zero-order chi connectivity index (χ0) is 16.3. The minimum Gasteiger partial charge on any atom is -0.462 e. The molecule has 0 heterocycles. The van der Waals surface area contributed by atoms with Crippen molar-refractivity contribution in [1.29, 1.82) is 0 Å². The quantitative estimate of drug-likeness (QED) is 0.542. The second-order valence-electron chi connectivity index (χ2n) is 4.93. The average molecular weight is 400 g/mol. The van der Waals surface area contributed by atoms with Crippen molar-refractivity contribution in [2.24, 2.45) is 0 Å². The van der Waals surface area contributed by atoms with Crippen molar-refractivity contribution in [3.63, 3.8) is 0 Å². The Kier molecular flexibility index (Phi) is 6.22. The van der Waals surface area contributed by atoms with Gasteiger partial charge in [-0.05, 0) is 48.0 Å². The summed E-state index contributed by atoms with van der Waals surface area (Å²) in [5.74, 6) is -0.629. The molecule has 0 amide bonds. The van der Waals surface area contributed by atoms with Gasteiger partial charge in [-0.1, -0.05) is 0 Å². The molecule has 0 aliphatic carbocycles. The molecular weight excluding hydrogens is 384 g/mol. The Balaban J connectivity index is 2.83. The summed E-state index contributed by atoms with van der Waals surface area (Å²) in [6, 6.07) is 3.92. The highest BCUT2D eigenvalue weighted by molar-refractivity contribution is 9.10. The summed E-state index contributed by atoms with van der Waals surface area (Å²) < 4.78 is 33.3. The maximum Gasteiger partial charge on any atom is 0.339 e. The van der Waals surface area contributed by atoms with Crippen LogP contribution in [0.1, 0.15) is 30.6 Å². The van der Waals surface area contributed by atoms with Crippen LogP contribution in [0.5, 0.6) is 0 Å². The van der Waals surface area contributed by atoms with Gasteiger partial charge in [-0.25, -0.2) is 13.2 Å². The van der Waals surface area contributed by atoms with Crippen LogP contribution in [0.3, 0.4) is 0 Å². The molecule has 0 aromatic heterocycles. The predicted molar refractivity (Wildman–Crippen MR) is 83.2 cm³/mol. The molecule has 1 aromatic rings. The van der Waals surface area contributed by atoms with Crippen LogP contribution in [-0.2, 0) is 18.5 Å². The van der Waals surface area contributed by atoms with Crippen LogP contribution >= 0.6 is 26.6 Å². The van der Waals surface area contributed by atoms with E-state index in [0.717, 1.165) is 0 Å². The third kappa shape index (κ3) is 5.58. The summed E-state index contributed by atoms with van der Waals surface area (Å²) in [6.07, 6.45) is 0.514. The molecule has 118 valence electrons. The van der Waals surface area contributed by atoms with E-state index in [2.05, 4.69) is 15.9 Å². The van der Waals surface area contributed by atoms with Crippen LogP contribution in [0.25, 0.3) is 0 Å². The van der Waals surface area contributed by atoms with E-state index in [9.17, 15) is 13.2 Å². The van der Waals surface area contributed by atoms with Crippen molar-refractivity contribution in [1.82, 2.24) is 0 Å². The standard InChI is InChI=1S/C13H16BrClO5S/c1-13(2,19-3)6-7-20-12(16)10-8-9(21(15,17)18)4-5-11(10)14/h4-5,8H,6-7H2,1-3H3. The van der Waals surface area contributed by atoms with Crippen molar-refractivity contribution in [3.05, 3.63) is 28.2 Å². The first-order chi connectivity index (χ1) is 9.57. The molecule has 0 spiro atoms. The number of methoxy groups -OCH3 is 1. The number of esters is 1. The number of carbonyl (C=O) groups is 1. The number of rotatable bonds is 6. The smallest absolute Gasteiger partial charge is 0.339 e. The Hall–Kier alpha value is -0.630. The molecule has 0 fully saturated rings. The van der Waals surface area contributed by atoms with E-state index in [0.29, 0.717) is 10.9 Å². The second-order valence-corrected chi connectivity index (χ2v) is 8.35. The number of ether oxygens (including phenoxy) is 2. The Morgan fingerprint density at radius 2 is 2.00 bits per heavy atom. The van der Waals surface area contributed by atoms with Crippen molar-refractivity contribution in [2.45, 2.75) is 30.8 Å². The monoisotopic (exact) mass is 398 g/mol. The SMILES string of the molecule is COC(C)(C)CCOC(=O)c1cc(S(=O)(=O)Cl)ccc1Br. The van der Waals surface area contributed by atoms with E-state index in [1.807, 2.05) is 13.8 Å². The molecule has 0 radical (unpaired) electrons. The van der Waals surface area contributed by atoms with Crippen LogP contribution in [0.2, 0.25) is 0 Å². The fraction of sp³-hybridized carbons (Fsp3) is 0.462. The minimum atomic E-state index is -3.90. The van der Waals surface area contributed by atoms with Gasteiger partial charge in [0.15, 0.2) is 0 Å². The summed E-state index contributed by atoms with van der Waals surface area (Å²) in [6.45, 7) is 3.90. The Labute approximate surface area is 137 Å². The molecule has 1 aromatic carbocycles. The van der Waals surface area contributed by atoms with Crippen LogP contribution in [-0.4, -0.2) is 33.7 Å². The van der Waals surface area contributed by atoms with Crippen molar-refractivity contribution >= 4 is 41.6 Å². The zero-order valence-corrected chi connectivity index (χ0v) is 15.0. The molecule has 5 nitrogen and oxygen atoms in total.